The zero-order valence-electron chi connectivity index (χ0n) is 20.2. The van der Waals surface area contributed by atoms with Crippen molar-refractivity contribution in [3.63, 3.8) is 0 Å². The summed E-state index contributed by atoms with van der Waals surface area (Å²) in [6.45, 7) is 4.43. The van der Waals surface area contributed by atoms with E-state index in [4.69, 9.17) is 4.98 Å². The molecule has 0 unspecified atom stereocenters. The summed E-state index contributed by atoms with van der Waals surface area (Å²) >= 11 is 1.88. The molecule has 0 fully saturated rings. The van der Waals surface area contributed by atoms with E-state index in [-0.39, 0.29) is 0 Å². The fraction of sp³-hybridized carbons (Fsp3) is 0.125. The first-order valence-electron chi connectivity index (χ1n) is 12.0. The molecule has 0 radical (unpaired) electrons. The lowest BCUT2D eigenvalue weighted by molar-refractivity contribution is -0.660. The van der Waals surface area contributed by atoms with E-state index in [9.17, 15) is 0 Å². The molecule has 170 valence electrons. The van der Waals surface area contributed by atoms with Gasteiger partial charge in [-0.15, -0.1) is 11.3 Å². The fourth-order valence-electron chi connectivity index (χ4n) is 5.12. The molecule has 3 aromatic carbocycles. The van der Waals surface area contributed by atoms with Crippen molar-refractivity contribution in [1.29, 1.82) is 0 Å². The zero-order chi connectivity index (χ0) is 23.9. The molecular weight excluding hydrogens is 444 g/mol. The molecule has 3 aromatic heterocycles. The number of aromatic nitrogens is 2. The molecule has 35 heavy (non-hydrogen) atoms. The number of nitrogens with zero attached hydrogens (tertiary/aromatic N) is 2. The monoisotopic (exact) mass is 471 g/mol. The van der Waals surface area contributed by atoms with Crippen LogP contribution in [0.15, 0.2) is 97.3 Å². The highest BCUT2D eigenvalue weighted by atomic mass is 32.1. The van der Waals surface area contributed by atoms with Gasteiger partial charge in [0.05, 0.1) is 5.69 Å². The summed E-state index contributed by atoms with van der Waals surface area (Å²) in [6.07, 6.45) is 4.87. The number of hydrogen-bond donors (Lipinski definition) is 0. The molecule has 2 nitrogen and oxygen atoms in total. The van der Waals surface area contributed by atoms with Crippen LogP contribution >= 0.6 is 11.3 Å². The van der Waals surface area contributed by atoms with Crippen molar-refractivity contribution in [3.05, 3.63) is 120 Å². The second-order valence-corrected chi connectivity index (χ2v) is 10.3. The van der Waals surface area contributed by atoms with Crippen LogP contribution in [0.4, 0.5) is 0 Å². The molecule has 6 rings (SSSR count). The fourth-order valence-corrected chi connectivity index (χ4v) is 6.37. The van der Waals surface area contributed by atoms with Gasteiger partial charge in [-0.3, -0.25) is 4.98 Å². The third-order valence-corrected chi connectivity index (χ3v) is 8.09. The second-order valence-electron chi connectivity index (χ2n) is 9.27. The third-order valence-electron chi connectivity index (χ3n) is 6.88. The molecule has 0 aliphatic carbocycles. The van der Waals surface area contributed by atoms with E-state index < -0.39 is 0 Å². The van der Waals surface area contributed by atoms with E-state index >= 15 is 0 Å². The van der Waals surface area contributed by atoms with Crippen molar-refractivity contribution >= 4 is 31.5 Å². The standard InChI is InChI=1S/C32H27N2S/c1-21-14-15-30-26(18-21)27-19-22(2)25(31(32(27)35-30)28-12-6-8-16-33-28)20-23-10-4-5-11-24(23)29-13-7-9-17-34(29)3/h4-19H,20H2,1-3H3/q+1. The molecule has 0 atom stereocenters. The van der Waals surface area contributed by atoms with Crippen molar-refractivity contribution < 1.29 is 4.57 Å². The first-order chi connectivity index (χ1) is 17.1. The van der Waals surface area contributed by atoms with Gasteiger partial charge in [0, 0.05) is 49.6 Å². The first-order valence-corrected chi connectivity index (χ1v) is 12.8. The average Bonchev–Trinajstić information content (AvgIpc) is 3.23. The number of hydrogen-bond acceptors (Lipinski definition) is 2. The average molecular weight is 472 g/mol. The SMILES string of the molecule is Cc1ccc2sc3c(-c4ccccn4)c(Cc4ccccc4-c4cccc[n+]4C)c(C)cc3c2c1. The maximum Gasteiger partial charge on any atom is 0.212 e. The van der Waals surface area contributed by atoms with Crippen LogP contribution in [0.2, 0.25) is 0 Å². The number of thiophene rings is 1. The first kappa shape index (κ1) is 21.7. The lowest BCUT2D eigenvalue weighted by Gasteiger charge is -2.16. The molecular formula is C32H27N2S+. The Morgan fingerprint density at radius 1 is 0.829 bits per heavy atom. The Labute approximate surface area is 210 Å². The minimum absolute atomic E-state index is 0.853. The van der Waals surface area contributed by atoms with E-state index in [0.29, 0.717) is 0 Å². The Morgan fingerprint density at radius 3 is 2.49 bits per heavy atom. The van der Waals surface area contributed by atoms with Gasteiger partial charge in [0.15, 0.2) is 6.20 Å². The van der Waals surface area contributed by atoms with Crippen LogP contribution in [0.1, 0.15) is 22.3 Å². The van der Waals surface area contributed by atoms with Crippen LogP contribution < -0.4 is 4.57 Å². The molecule has 3 heterocycles. The Balaban J connectivity index is 1.62. The highest BCUT2D eigenvalue weighted by Gasteiger charge is 2.20. The molecule has 0 N–H and O–H groups in total. The smallest absolute Gasteiger partial charge is 0.212 e. The number of rotatable bonds is 4. The summed E-state index contributed by atoms with van der Waals surface area (Å²) in [5.41, 5.74) is 10.1. The van der Waals surface area contributed by atoms with Gasteiger partial charge < -0.3 is 0 Å². The minimum Gasteiger partial charge on any atom is -0.256 e. The van der Waals surface area contributed by atoms with Crippen molar-refractivity contribution in [2.45, 2.75) is 20.3 Å². The summed E-state index contributed by atoms with van der Waals surface area (Å²) in [7, 11) is 2.11. The lowest BCUT2D eigenvalue weighted by atomic mass is 9.89. The lowest BCUT2D eigenvalue weighted by Crippen LogP contribution is -2.30. The van der Waals surface area contributed by atoms with Crippen LogP contribution in [0, 0.1) is 13.8 Å². The van der Waals surface area contributed by atoms with Gasteiger partial charge in [-0.2, -0.15) is 0 Å². The van der Waals surface area contributed by atoms with Crippen LogP contribution in [-0.2, 0) is 13.5 Å². The second kappa shape index (κ2) is 8.75. The van der Waals surface area contributed by atoms with Crippen molar-refractivity contribution in [1.82, 2.24) is 4.98 Å². The summed E-state index contributed by atoms with van der Waals surface area (Å²) < 4.78 is 4.85. The summed E-state index contributed by atoms with van der Waals surface area (Å²) in [5.74, 6) is 0. The van der Waals surface area contributed by atoms with Gasteiger partial charge in [-0.25, -0.2) is 4.57 Å². The topological polar surface area (TPSA) is 16.8 Å². The third kappa shape index (κ3) is 3.82. The van der Waals surface area contributed by atoms with Crippen molar-refractivity contribution in [2.24, 2.45) is 7.05 Å². The Kier molecular flexibility index (Phi) is 5.43. The maximum atomic E-state index is 4.83. The molecule has 0 amide bonds. The van der Waals surface area contributed by atoms with Gasteiger partial charge >= 0.3 is 0 Å². The molecule has 3 heteroatoms. The summed E-state index contributed by atoms with van der Waals surface area (Å²) in [6, 6.07) is 30.6. The van der Waals surface area contributed by atoms with E-state index in [1.165, 1.54) is 59.2 Å². The molecule has 0 saturated heterocycles. The molecule has 0 aliphatic rings. The predicted octanol–water partition coefficient (Wildman–Crippen LogP) is 7.82. The van der Waals surface area contributed by atoms with Gasteiger partial charge in [0.2, 0.25) is 5.69 Å². The van der Waals surface area contributed by atoms with Crippen molar-refractivity contribution in [2.75, 3.05) is 0 Å². The molecule has 0 bridgehead atoms. The highest BCUT2D eigenvalue weighted by molar-refractivity contribution is 7.26. The van der Waals surface area contributed by atoms with Gasteiger partial charge in [-0.1, -0.05) is 35.9 Å². The van der Waals surface area contributed by atoms with Gasteiger partial charge in [0.1, 0.15) is 7.05 Å². The number of fused-ring (bicyclic) bond motifs is 3. The van der Waals surface area contributed by atoms with Crippen LogP contribution in [-0.4, -0.2) is 4.98 Å². The van der Waals surface area contributed by atoms with E-state index in [1.54, 1.807) is 0 Å². The Bertz CT molecular complexity index is 1700. The van der Waals surface area contributed by atoms with Gasteiger partial charge in [0.25, 0.3) is 0 Å². The quantitative estimate of drug-likeness (QED) is 0.240. The minimum atomic E-state index is 0.853. The molecule has 0 spiro atoms. The maximum absolute atomic E-state index is 4.83. The van der Waals surface area contributed by atoms with Crippen LogP contribution in [0.5, 0.6) is 0 Å². The van der Waals surface area contributed by atoms with E-state index in [1.807, 2.05) is 23.6 Å². The Hall–Kier alpha value is -3.82. The largest absolute Gasteiger partial charge is 0.256 e. The predicted molar refractivity (Wildman–Crippen MR) is 148 cm³/mol. The highest BCUT2D eigenvalue weighted by Crippen LogP contribution is 2.43. The Morgan fingerprint density at radius 2 is 1.66 bits per heavy atom. The number of benzene rings is 3. The van der Waals surface area contributed by atoms with Crippen LogP contribution in [0.25, 0.3) is 42.7 Å². The normalized spacial score (nSPS) is 11.4. The van der Waals surface area contributed by atoms with Gasteiger partial charge in [-0.05, 0) is 79.4 Å². The molecule has 0 saturated carbocycles. The molecule has 6 aromatic rings. The number of pyridine rings is 2. The van der Waals surface area contributed by atoms with Crippen molar-refractivity contribution in [3.8, 4) is 22.5 Å². The molecule has 0 aliphatic heterocycles. The summed E-state index contributed by atoms with van der Waals surface area (Å²) in [4.78, 5) is 4.83. The zero-order valence-corrected chi connectivity index (χ0v) is 21.1. The van der Waals surface area contributed by atoms with E-state index in [0.717, 1.165) is 12.1 Å². The van der Waals surface area contributed by atoms with E-state index in [2.05, 4.69) is 111 Å². The number of aryl methyl sites for hydroxylation is 3. The van der Waals surface area contributed by atoms with Crippen LogP contribution in [0.3, 0.4) is 0 Å². The summed E-state index contributed by atoms with van der Waals surface area (Å²) in [5, 5.41) is 2.67.